The zero-order valence-corrected chi connectivity index (χ0v) is 7.51. The van der Waals surface area contributed by atoms with Gasteiger partial charge in [0.2, 0.25) is 0 Å². The van der Waals surface area contributed by atoms with E-state index in [-0.39, 0.29) is 0 Å². The highest BCUT2D eigenvalue weighted by atomic mass is 35.5. The molecule has 60 valence electrons. The maximum atomic E-state index is 5.59. The standard InChI is InChI=1S/C7H4ClN3S/c8-7-2-1-5(10-11-7)6-3-4-9-12-6/h1-4H. The second kappa shape index (κ2) is 3.16. The first-order valence-electron chi connectivity index (χ1n) is 3.26. The maximum Gasteiger partial charge on any atom is 0.151 e. The summed E-state index contributed by atoms with van der Waals surface area (Å²) in [6.45, 7) is 0. The summed E-state index contributed by atoms with van der Waals surface area (Å²) in [6.07, 6.45) is 1.73. The summed E-state index contributed by atoms with van der Waals surface area (Å²) in [5.41, 5.74) is 0.807. The lowest BCUT2D eigenvalue weighted by atomic mass is 10.3. The average Bonchev–Trinajstić information content (AvgIpc) is 2.58. The van der Waals surface area contributed by atoms with Crippen molar-refractivity contribution in [3.63, 3.8) is 0 Å². The molecular weight excluding hydrogens is 194 g/mol. The summed E-state index contributed by atoms with van der Waals surface area (Å²) in [7, 11) is 0. The molecule has 0 spiro atoms. The first-order valence-corrected chi connectivity index (χ1v) is 4.42. The van der Waals surface area contributed by atoms with Gasteiger partial charge in [0.1, 0.15) is 5.69 Å². The molecule has 0 bridgehead atoms. The topological polar surface area (TPSA) is 38.7 Å². The van der Waals surface area contributed by atoms with Gasteiger partial charge < -0.3 is 0 Å². The third-order valence-electron chi connectivity index (χ3n) is 1.32. The van der Waals surface area contributed by atoms with Gasteiger partial charge in [-0.2, -0.15) is 0 Å². The molecule has 2 heterocycles. The van der Waals surface area contributed by atoms with Crippen LogP contribution in [0.15, 0.2) is 24.4 Å². The second-order valence-corrected chi connectivity index (χ2v) is 3.34. The van der Waals surface area contributed by atoms with Gasteiger partial charge in [0.25, 0.3) is 0 Å². The number of rotatable bonds is 1. The van der Waals surface area contributed by atoms with Gasteiger partial charge in [0.15, 0.2) is 5.15 Å². The van der Waals surface area contributed by atoms with Crippen molar-refractivity contribution >= 4 is 23.1 Å². The van der Waals surface area contributed by atoms with Crippen molar-refractivity contribution in [2.24, 2.45) is 0 Å². The molecule has 0 N–H and O–H groups in total. The van der Waals surface area contributed by atoms with E-state index in [2.05, 4.69) is 14.6 Å². The molecular formula is C7H4ClN3S. The zero-order valence-electron chi connectivity index (χ0n) is 5.94. The van der Waals surface area contributed by atoms with Gasteiger partial charge in [-0.1, -0.05) is 11.6 Å². The van der Waals surface area contributed by atoms with Crippen LogP contribution in [0.4, 0.5) is 0 Å². The fraction of sp³-hybridized carbons (Fsp3) is 0. The van der Waals surface area contributed by atoms with Crippen LogP contribution in [0.5, 0.6) is 0 Å². The Morgan fingerprint density at radius 3 is 2.67 bits per heavy atom. The van der Waals surface area contributed by atoms with E-state index in [1.165, 1.54) is 11.5 Å². The summed E-state index contributed by atoms with van der Waals surface area (Å²) in [5, 5.41) is 8.04. The van der Waals surface area contributed by atoms with Gasteiger partial charge in [0.05, 0.1) is 4.88 Å². The van der Waals surface area contributed by atoms with Crippen LogP contribution < -0.4 is 0 Å². The number of hydrogen-bond donors (Lipinski definition) is 0. The Balaban J connectivity index is 2.43. The third-order valence-corrected chi connectivity index (χ3v) is 2.29. The fourth-order valence-corrected chi connectivity index (χ4v) is 1.46. The molecule has 0 aliphatic carbocycles. The first kappa shape index (κ1) is 7.64. The largest absolute Gasteiger partial charge is 0.201 e. The van der Waals surface area contributed by atoms with Gasteiger partial charge in [-0.3, -0.25) is 0 Å². The molecule has 3 nitrogen and oxygen atoms in total. The second-order valence-electron chi connectivity index (χ2n) is 2.12. The maximum absolute atomic E-state index is 5.59. The van der Waals surface area contributed by atoms with E-state index >= 15 is 0 Å². The SMILES string of the molecule is Clc1ccc(-c2ccns2)nn1. The average molecular weight is 198 g/mol. The molecule has 0 radical (unpaired) electrons. The molecule has 2 aromatic rings. The summed E-state index contributed by atoms with van der Waals surface area (Å²) < 4.78 is 3.96. The molecule has 2 rings (SSSR count). The summed E-state index contributed by atoms with van der Waals surface area (Å²) in [6, 6.07) is 5.43. The van der Waals surface area contributed by atoms with Crippen molar-refractivity contribution in [2.45, 2.75) is 0 Å². The van der Waals surface area contributed by atoms with Crippen LogP contribution in [-0.2, 0) is 0 Å². The van der Waals surface area contributed by atoms with Crippen LogP contribution in [0.3, 0.4) is 0 Å². The smallest absolute Gasteiger partial charge is 0.151 e. The lowest BCUT2D eigenvalue weighted by Crippen LogP contribution is -1.83. The first-order chi connectivity index (χ1) is 5.86. The van der Waals surface area contributed by atoms with E-state index in [0.717, 1.165) is 10.6 Å². The normalized spacial score (nSPS) is 10.1. The summed E-state index contributed by atoms with van der Waals surface area (Å²) in [4.78, 5) is 0.999. The van der Waals surface area contributed by atoms with Crippen LogP contribution in [-0.4, -0.2) is 14.6 Å². The van der Waals surface area contributed by atoms with E-state index in [1.54, 1.807) is 12.3 Å². The van der Waals surface area contributed by atoms with Gasteiger partial charge in [0, 0.05) is 6.20 Å². The monoisotopic (exact) mass is 197 g/mol. The quantitative estimate of drug-likeness (QED) is 0.704. The molecule has 0 unspecified atom stereocenters. The minimum atomic E-state index is 0.406. The lowest BCUT2D eigenvalue weighted by Gasteiger charge is -1.92. The van der Waals surface area contributed by atoms with E-state index < -0.39 is 0 Å². The van der Waals surface area contributed by atoms with Gasteiger partial charge >= 0.3 is 0 Å². The highest BCUT2D eigenvalue weighted by molar-refractivity contribution is 7.09. The Morgan fingerprint density at radius 2 is 2.08 bits per heavy atom. The minimum absolute atomic E-state index is 0.406. The molecule has 2 aromatic heterocycles. The number of hydrogen-bond acceptors (Lipinski definition) is 4. The van der Waals surface area contributed by atoms with Crippen molar-refractivity contribution in [2.75, 3.05) is 0 Å². The van der Waals surface area contributed by atoms with Crippen LogP contribution >= 0.6 is 23.1 Å². The molecule has 0 atom stereocenters. The number of aromatic nitrogens is 3. The number of nitrogens with zero attached hydrogens (tertiary/aromatic N) is 3. The highest BCUT2D eigenvalue weighted by Crippen LogP contribution is 2.19. The fourth-order valence-electron chi connectivity index (χ4n) is 0.795. The van der Waals surface area contributed by atoms with Crippen molar-refractivity contribution in [1.29, 1.82) is 0 Å². The molecule has 0 fully saturated rings. The van der Waals surface area contributed by atoms with Crippen LogP contribution in [0.1, 0.15) is 0 Å². The van der Waals surface area contributed by atoms with E-state index in [4.69, 9.17) is 11.6 Å². The Hall–Kier alpha value is -1.00. The van der Waals surface area contributed by atoms with Crippen molar-refractivity contribution < 1.29 is 0 Å². The Labute approximate surface area is 78.2 Å². The van der Waals surface area contributed by atoms with Gasteiger partial charge in [-0.05, 0) is 29.7 Å². The molecule has 0 aliphatic rings. The van der Waals surface area contributed by atoms with Crippen molar-refractivity contribution in [3.8, 4) is 10.6 Å². The summed E-state index contributed by atoms with van der Waals surface area (Å²) in [5.74, 6) is 0. The van der Waals surface area contributed by atoms with E-state index in [0.29, 0.717) is 5.15 Å². The predicted molar refractivity (Wildman–Crippen MR) is 48.2 cm³/mol. The predicted octanol–water partition coefficient (Wildman–Crippen LogP) is 2.25. The van der Waals surface area contributed by atoms with Crippen molar-refractivity contribution in [1.82, 2.24) is 14.6 Å². The Bertz CT molecular complexity index is 357. The molecule has 0 saturated heterocycles. The van der Waals surface area contributed by atoms with Crippen LogP contribution in [0.25, 0.3) is 10.6 Å². The molecule has 0 aromatic carbocycles. The van der Waals surface area contributed by atoms with Crippen molar-refractivity contribution in [3.05, 3.63) is 29.5 Å². The van der Waals surface area contributed by atoms with Crippen LogP contribution in [0.2, 0.25) is 5.15 Å². The van der Waals surface area contributed by atoms with Gasteiger partial charge in [-0.15, -0.1) is 10.2 Å². The van der Waals surface area contributed by atoms with Gasteiger partial charge in [-0.25, -0.2) is 4.37 Å². The van der Waals surface area contributed by atoms with E-state index in [1.807, 2.05) is 12.1 Å². The van der Waals surface area contributed by atoms with E-state index in [9.17, 15) is 0 Å². The summed E-state index contributed by atoms with van der Waals surface area (Å²) >= 11 is 6.97. The molecule has 0 amide bonds. The third kappa shape index (κ3) is 1.44. The molecule has 12 heavy (non-hydrogen) atoms. The zero-order chi connectivity index (χ0) is 8.39. The molecule has 0 aliphatic heterocycles. The number of halogens is 1. The van der Waals surface area contributed by atoms with Crippen LogP contribution in [0, 0.1) is 0 Å². The molecule has 0 saturated carbocycles. The minimum Gasteiger partial charge on any atom is -0.201 e. The molecule has 5 heteroatoms. The Morgan fingerprint density at radius 1 is 1.17 bits per heavy atom. The lowest BCUT2D eigenvalue weighted by molar-refractivity contribution is 1.04. The highest BCUT2D eigenvalue weighted by Gasteiger charge is 2.00. The Kier molecular flexibility index (Phi) is 2.01.